The molecule has 0 saturated carbocycles. The molecule has 30 heavy (non-hydrogen) atoms. The zero-order valence-electron chi connectivity index (χ0n) is 17.8. The molecule has 3 heterocycles. The minimum Gasteiger partial charge on any atom is -0.368 e. The second-order valence-electron chi connectivity index (χ2n) is 8.19. The van der Waals surface area contributed by atoms with E-state index in [0.29, 0.717) is 0 Å². The van der Waals surface area contributed by atoms with Crippen molar-refractivity contribution >= 4 is 17.0 Å². The van der Waals surface area contributed by atoms with Crippen LogP contribution in [0.1, 0.15) is 16.7 Å². The van der Waals surface area contributed by atoms with Crippen molar-refractivity contribution in [1.82, 2.24) is 14.6 Å². The summed E-state index contributed by atoms with van der Waals surface area (Å²) in [7, 11) is 0. The quantitative estimate of drug-likeness (QED) is 0.504. The Morgan fingerprint density at radius 3 is 2.33 bits per heavy atom. The maximum atomic E-state index is 4.82. The van der Waals surface area contributed by atoms with Gasteiger partial charge in [-0.3, -0.25) is 0 Å². The van der Waals surface area contributed by atoms with E-state index >= 15 is 0 Å². The summed E-state index contributed by atoms with van der Waals surface area (Å²) in [6.07, 6.45) is 3.79. The first-order valence-corrected chi connectivity index (χ1v) is 10.6. The lowest BCUT2D eigenvalue weighted by atomic mass is 10.1. The van der Waals surface area contributed by atoms with Crippen LogP contribution in [0.25, 0.3) is 16.8 Å². The van der Waals surface area contributed by atoms with Gasteiger partial charge in [-0.2, -0.15) is 5.10 Å². The highest BCUT2D eigenvalue weighted by atomic mass is 15.3. The maximum absolute atomic E-state index is 4.82. The molecule has 5 heteroatoms. The van der Waals surface area contributed by atoms with Crippen molar-refractivity contribution in [2.75, 3.05) is 36.0 Å². The molecule has 5 nitrogen and oxygen atoms in total. The number of hydrogen-bond donors (Lipinski definition) is 0. The van der Waals surface area contributed by atoms with Crippen molar-refractivity contribution in [2.45, 2.75) is 20.8 Å². The van der Waals surface area contributed by atoms with Gasteiger partial charge in [-0.15, -0.1) is 0 Å². The second kappa shape index (κ2) is 7.48. The van der Waals surface area contributed by atoms with Crippen LogP contribution in [0.15, 0.2) is 60.9 Å². The van der Waals surface area contributed by atoms with Crippen LogP contribution in [0.2, 0.25) is 0 Å². The predicted molar refractivity (Wildman–Crippen MR) is 124 cm³/mol. The van der Waals surface area contributed by atoms with E-state index in [0.717, 1.165) is 43.2 Å². The number of hydrogen-bond acceptors (Lipinski definition) is 4. The van der Waals surface area contributed by atoms with Gasteiger partial charge in [0.15, 0.2) is 5.82 Å². The Morgan fingerprint density at radius 1 is 0.800 bits per heavy atom. The molecule has 4 aromatic rings. The second-order valence-corrected chi connectivity index (χ2v) is 8.19. The fourth-order valence-electron chi connectivity index (χ4n) is 4.46. The van der Waals surface area contributed by atoms with Gasteiger partial charge in [0.25, 0.3) is 0 Å². The summed E-state index contributed by atoms with van der Waals surface area (Å²) >= 11 is 0. The van der Waals surface area contributed by atoms with E-state index in [-0.39, 0.29) is 0 Å². The molecule has 1 aliphatic rings. The van der Waals surface area contributed by atoms with E-state index in [4.69, 9.17) is 10.1 Å². The van der Waals surface area contributed by atoms with Gasteiger partial charge in [0.2, 0.25) is 0 Å². The van der Waals surface area contributed by atoms with E-state index in [9.17, 15) is 0 Å². The summed E-state index contributed by atoms with van der Waals surface area (Å²) in [5.74, 6) is 1.02. The molecule has 152 valence electrons. The van der Waals surface area contributed by atoms with Crippen LogP contribution in [0, 0.1) is 20.8 Å². The minimum atomic E-state index is 0.949. The minimum absolute atomic E-state index is 0.949. The van der Waals surface area contributed by atoms with Gasteiger partial charge in [0.05, 0.1) is 5.69 Å². The molecular formula is C25H27N5. The summed E-state index contributed by atoms with van der Waals surface area (Å²) in [6, 6.07) is 17.3. The van der Waals surface area contributed by atoms with E-state index < -0.39 is 0 Å². The Kier molecular flexibility index (Phi) is 4.66. The fraction of sp³-hybridized carbons (Fsp3) is 0.280. The third-order valence-corrected chi connectivity index (χ3v) is 6.06. The Morgan fingerprint density at radius 2 is 1.57 bits per heavy atom. The summed E-state index contributed by atoms with van der Waals surface area (Å²) in [5, 5.41) is 4.82. The Balaban J connectivity index is 1.41. The molecule has 0 unspecified atom stereocenters. The van der Waals surface area contributed by atoms with Crippen molar-refractivity contribution < 1.29 is 0 Å². The lowest BCUT2D eigenvalue weighted by Gasteiger charge is -2.37. The molecule has 0 spiro atoms. The van der Waals surface area contributed by atoms with Gasteiger partial charge in [0, 0.05) is 49.8 Å². The molecule has 0 radical (unpaired) electrons. The largest absolute Gasteiger partial charge is 0.368 e. The molecule has 0 atom stereocenters. The van der Waals surface area contributed by atoms with Crippen LogP contribution in [0.3, 0.4) is 0 Å². The van der Waals surface area contributed by atoms with Gasteiger partial charge in [0.1, 0.15) is 5.52 Å². The van der Waals surface area contributed by atoms with E-state index in [1.807, 2.05) is 16.9 Å². The van der Waals surface area contributed by atoms with Crippen LogP contribution in [0.4, 0.5) is 11.5 Å². The highest BCUT2D eigenvalue weighted by molar-refractivity contribution is 5.76. The number of piperazine rings is 1. The third kappa shape index (κ3) is 3.30. The SMILES string of the molecule is Cc1ccc(N2CCN(c3nccn4nc(-c5ccccc5C)cc34)CC2)c(C)c1. The Hall–Kier alpha value is -3.34. The zero-order valence-corrected chi connectivity index (χ0v) is 17.8. The summed E-state index contributed by atoms with van der Waals surface area (Å²) in [4.78, 5) is 9.61. The predicted octanol–water partition coefficient (Wildman–Crippen LogP) is 4.65. The highest BCUT2D eigenvalue weighted by Crippen LogP contribution is 2.29. The van der Waals surface area contributed by atoms with E-state index in [1.165, 1.54) is 27.9 Å². The molecular weight excluding hydrogens is 370 g/mol. The fourth-order valence-corrected chi connectivity index (χ4v) is 4.46. The van der Waals surface area contributed by atoms with Crippen molar-refractivity contribution in [3.05, 3.63) is 77.6 Å². The number of benzene rings is 2. The van der Waals surface area contributed by atoms with Gasteiger partial charge >= 0.3 is 0 Å². The molecule has 0 aliphatic carbocycles. The van der Waals surface area contributed by atoms with Gasteiger partial charge in [-0.25, -0.2) is 9.50 Å². The molecule has 2 aromatic heterocycles. The average molecular weight is 398 g/mol. The Labute approximate surface area is 177 Å². The van der Waals surface area contributed by atoms with Crippen LogP contribution in [-0.4, -0.2) is 40.8 Å². The molecule has 2 aromatic carbocycles. The smallest absolute Gasteiger partial charge is 0.154 e. The first kappa shape index (κ1) is 18.7. The topological polar surface area (TPSA) is 36.7 Å². The van der Waals surface area contributed by atoms with Crippen molar-refractivity contribution in [3.8, 4) is 11.3 Å². The van der Waals surface area contributed by atoms with Gasteiger partial charge in [-0.1, -0.05) is 42.0 Å². The summed E-state index contributed by atoms with van der Waals surface area (Å²) < 4.78 is 1.96. The number of anilines is 2. The van der Waals surface area contributed by atoms with Crippen LogP contribution in [0.5, 0.6) is 0 Å². The molecule has 1 fully saturated rings. The van der Waals surface area contributed by atoms with Crippen LogP contribution in [-0.2, 0) is 0 Å². The van der Waals surface area contributed by atoms with Gasteiger partial charge < -0.3 is 9.80 Å². The number of fused-ring (bicyclic) bond motifs is 1. The number of rotatable bonds is 3. The number of aryl methyl sites for hydroxylation is 3. The van der Waals surface area contributed by atoms with Crippen LogP contribution >= 0.6 is 0 Å². The number of nitrogens with zero attached hydrogens (tertiary/aromatic N) is 5. The Bertz CT molecular complexity index is 1200. The van der Waals surface area contributed by atoms with E-state index in [2.05, 4.69) is 79.1 Å². The molecule has 5 rings (SSSR count). The lowest BCUT2D eigenvalue weighted by Crippen LogP contribution is -2.47. The normalized spacial score (nSPS) is 14.5. The molecule has 0 bridgehead atoms. The average Bonchev–Trinajstić information content (AvgIpc) is 3.18. The molecule has 1 aliphatic heterocycles. The van der Waals surface area contributed by atoms with Gasteiger partial charge in [-0.05, 0) is 44.0 Å². The third-order valence-electron chi connectivity index (χ3n) is 6.06. The molecule has 0 N–H and O–H groups in total. The summed E-state index contributed by atoms with van der Waals surface area (Å²) in [6.45, 7) is 10.4. The zero-order chi connectivity index (χ0) is 20.7. The van der Waals surface area contributed by atoms with Crippen molar-refractivity contribution in [1.29, 1.82) is 0 Å². The van der Waals surface area contributed by atoms with Crippen molar-refractivity contribution in [3.63, 3.8) is 0 Å². The highest BCUT2D eigenvalue weighted by Gasteiger charge is 2.22. The monoisotopic (exact) mass is 397 g/mol. The standard InChI is InChI=1S/C25H27N5/c1-18-8-9-23(20(3)16-18)28-12-14-29(15-13-28)25-24-17-22(27-30(24)11-10-26-25)21-7-5-4-6-19(21)2/h4-11,16-17H,12-15H2,1-3H3. The molecule has 0 amide bonds. The van der Waals surface area contributed by atoms with E-state index in [1.54, 1.807) is 0 Å². The summed E-state index contributed by atoms with van der Waals surface area (Å²) in [5.41, 5.74) is 8.48. The van der Waals surface area contributed by atoms with Crippen molar-refractivity contribution in [2.24, 2.45) is 0 Å². The van der Waals surface area contributed by atoms with Crippen LogP contribution < -0.4 is 9.80 Å². The maximum Gasteiger partial charge on any atom is 0.154 e. The molecule has 1 saturated heterocycles. The number of aromatic nitrogens is 3. The first-order chi connectivity index (χ1) is 14.6. The lowest BCUT2D eigenvalue weighted by molar-refractivity contribution is 0.646. The first-order valence-electron chi connectivity index (χ1n) is 10.6.